The summed E-state index contributed by atoms with van der Waals surface area (Å²) in [7, 11) is 0. The zero-order valence-corrected chi connectivity index (χ0v) is 39.3. The zero-order chi connectivity index (χ0) is 53.3. The molecular weight excluding hydrogens is 952 g/mol. The summed E-state index contributed by atoms with van der Waals surface area (Å²) in [4.78, 5) is 112. The van der Waals surface area contributed by atoms with Gasteiger partial charge in [-0.05, 0) is 35.1 Å². The number of carbonyl (C=O) groups excluding carboxylic acids is 8. The lowest BCUT2D eigenvalue weighted by atomic mass is 9.90. The second kappa shape index (κ2) is 33.3. The average Bonchev–Trinajstić information content (AvgIpc) is 3.35. The molecule has 0 aliphatic heterocycles. The molecule has 3 aromatic carbocycles. The minimum Gasteiger partial charge on any atom is -0.475 e. The van der Waals surface area contributed by atoms with Crippen molar-refractivity contribution >= 4 is 59.4 Å². The van der Waals surface area contributed by atoms with Crippen molar-refractivity contribution in [3.8, 4) is 0 Å². The Bertz CT molecular complexity index is 2220. The molecule has 0 unspecified atom stereocenters. The van der Waals surface area contributed by atoms with Crippen molar-refractivity contribution in [2.24, 2.45) is 22.2 Å². The van der Waals surface area contributed by atoms with Crippen LogP contribution in [0.4, 0.5) is 22.8 Å². The van der Waals surface area contributed by atoms with Crippen molar-refractivity contribution in [2.75, 3.05) is 45.8 Å². The normalized spacial score (nSPS) is 11.3. The summed E-state index contributed by atoms with van der Waals surface area (Å²) in [6.45, 7) is 1.62. The lowest BCUT2D eigenvalue weighted by molar-refractivity contribution is -0.192. The topological polar surface area (TPSA) is 373 Å². The molecule has 392 valence electrons. The van der Waals surface area contributed by atoms with E-state index in [4.69, 9.17) is 27.1 Å². The maximum Gasteiger partial charge on any atom is 0.490 e. The molecule has 10 amide bonds. The van der Waals surface area contributed by atoms with Crippen molar-refractivity contribution < 1.29 is 61.4 Å². The van der Waals surface area contributed by atoms with Crippen LogP contribution in [0.15, 0.2) is 89.9 Å². The number of benzene rings is 3. The lowest BCUT2D eigenvalue weighted by Gasteiger charge is -2.23. The summed E-state index contributed by atoms with van der Waals surface area (Å²) >= 11 is 0. The molecule has 26 heteroatoms. The van der Waals surface area contributed by atoms with Gasteiger partial charge < -0.3 is 64.8 Å². The minimum atomic E-state index is -5.08. The summed E-state index contributed by atoms with van der Waals surface area (Å²) < 4.78 is 31.7. The second-order valence-electron chi connectivity index (χ2n) is 15.3. The maximum absolute atomic E-state index is 14.0. The van der Waals surface area contributed by atoms with Gasteiger partial charge in [-0.2, -0.15) is 13.2 Å². The van der Waals surface area contributed by atoms with Crippen molar-refractivity contribution in [1.82, 2.24) is 47.9 Å². The number of nitrogens with zero attached hydrogens (tertiary/aromatic N) is 1. The van der Waals surface area contributed by atoms with Crippen molar-refractivity contribution in [2.45, 2.75) is 69.8 Å². The highest BCUT2D eigenvalue weighted by molar-refractivity contribution is 5.95. The number of amides is 10. The number of urea groups is 2. The lowest BCUT2D eigenvalue weighted by Crippen LogP contribution is -2.48. The van der Waals surface area contributed by atoms with Crippen LogP contribution < -0.4 is 65.1 Å². The molecule has 0 saturated carbocycles. The second-order valence-corrected chi connectivity index (χ2v) is 15.3. The highest BCUT2D eigenvalue weighted by Gasteiger charge is 2.38. The van der Waals surface area contributed by atoms with Gasteiger partial charge in [0.05, 0.1) is 5.92 Å². The highest BCUT2D eigenvalue weighted by Crippen LogP contribution is 2.25. The van der Waals surface area contributed by atoms with Crippen LogP contribution in [-0.4, -0.2) is 123 Å². The molecule has 0 saturated heterocycles. The molecule has 72 heavy (non-hydrogen) atoms. The largest absolute Gasteiger partial charge is 0.490 e. The smallest absolute Gasteiger partial charge is 0.475 e. The van der Waals surface area contributed by atoms with E-state index in [1.807, 2.05) is 72.8 Å². The van der Waals surface area contributed by atoms with Gasteiger partial charge in [0.25, 0.3) is 0 Å². The van der Waals surface area contributed by atoms with Gasteiger partial charge in [0, 0.05) is 84.6 Å². The number of halogens is 3. The first-order valence-corrected chi connectivity index (χ1v) is 22.5. The number of nitrogens with one attached hydrogen (secondary N) is 9. The molecule has 3 rings (SSSR count). The third-order valence-corrected chi connectivity index (χ3v) is 9.66. The Morgan fingerprint density at radius 2 is 0.986 bits per heavy atom. The number of hydrogen-bond acceptors (Lipinski definition) is 11. The van der Waals surface area contributed by atoms with Crippen molar-refractivity contribution in [3.63, 3.8) is 0 Å². The Kier molecular flexibility index (Phi) is 27.7. The first kappa shape index (κ1) is 59.8. The Morgan fingerprint density at radius 3 is 1.40 bits per heavy atom. The number of carboxylic acid groups (broad SMARTS) is 1. The molecule has 16 N–H and O–H groups in total. The van der Waals surface area contributed by atoms with E-state index >= 15 is 0 Å². The van der Waals surface area contributed by atoms with Crippen LogP contribution in [0.1, 0.15) is 66.7 Å². The van der Waals surface area contributed by atoms with Crippen LogP contribution >= 0.6 is 0 Å². The third-order valence-electron chi connectivity index (χ3n) is 9.66. The number of guanidine groups is 1. The number of aliphatic imine (C=N–C) groups is 1. The molecule has 3 aromatic rings. The fourth-order valence-electron chi connectivity index (χ4n) is 6.08. The Hall–Kier alpha value is -8.29. The Balaban J connectivity index is 0.00000235. The number of nitrogens with two attached hydrogens (primary N) is 3. The fraction of sp³-hybridized carbons (Fsp3) is 0.391. The van der Waals surface area contributed by atoms with Gasteiger partial charge >= 0.3 is 24.2 Å². The number of carbonyl (C=O) groups is 9. The van der Waals surface area contributed by atoms with Crippen LogP contribution in [0.2, 0.25) is 0 Å². The highest BCUT2D eigenvalue weighted by atomic mass is 19.4. The SMILES string of the molecule is NCCNC(=O)CCC(=O)NCCNC(=O)CCC(=O)NCCNC(=O)NC(N)=NCCC[C@@H](NC(=O)C(c1ccccc1)c1ccccc1)C(=O)NCc1ccc(CNC(N)=O)cc1.O=C(O)C(F)(F)F. The van der Waals surface area contributed by atoms with Gasteiger partial charge in [-0.15, -0.1) is 0 Å². The van der Waals surface area contributed by atoms with Crippen LogP contribution in [0, 0.1) is 0 Å². The molecule has 0 aliphatic rings. The van der Waals surface area contributed by atoms with E-state index in [2.05, 4.69) is 52.8 Å². The van der Waals surface area contributed by atoms with Gasteiger partial charge in [0.1, 0.15) is 6.04 Å². The molecule has 0 fully saturated rings. The van der Waals surface area contributed by atoms with E-state index in [9.17, 15) is 51.5 Å². The Labute approximate surface area is 412 Å². The fourth-order valence-corrected chi connectivity index (χ4v) is 6.08. The summed E-state index contributed by atoms with van der Waals surface area (Å²) in [5.41, 5.74) is 19.5. The van der Waals surface area contributed by atoms with Gasteiger partial charge in [0.2, 0.25) is 35.4 Å². The standard InChI is InChI=1S/C44H61N13O8.C2HF3O2/c45-21-23-48-35(58)17-18-36(59)49-24-25-50-37(60)19-20-38(61)51-26-27-53-44(65)57-42(46)52-22-7-12-34(40(62)54-28-30-13-15-31(16-14-30)29-55-43(47)64)56-41(63)39(32-8-3-1-4-9-32)33-10-5-2-6-11-33;3-2(4,5)1(6)7/h1-6,8-11,13-16,34,39H,7,12,17-29,45H2,(H,48,58)(H,49,59)(H,50,60)(H,51,61)(H,54,62)(H,56,63)(H3,47,55,64)(H4,46,52,53,57,65);(H,6,7)/t34-;/m1./s1. The number of primary amides is 1. The van der Waals surface area contributed by atoms with E-state index in [-0.39, 0.29) is 108 Å². The van der Waals surface area contributed by atoms with Crippen LogP contribution in [-0.2, 0) is 46.7 Å². The van der Waals surface area contributed by atoms with Crippen molar-refractivity contribution in [3.05, 3.63) is 107 Å². The van der Waals surface area contributed by atoms with Gasteiger partial charge in [-0.1, -0.05) is 84.9 Å². The molecule has 0 aliphatic carbocycles. The zero-order valence-electron chi connectivity index (χ0n) is 39.3. The third kappa shape index (κ3) is 26.5. The molecule has 0 radical (unpaired) electrons. The van der Waals surface area contributed by atoms with E-state index in [1.54, 1.807) is 12.1 Å². The Morgan fingerprint density at radius 1 is 0.569 bits per heavy atom. The first-order valence-electron chi connectivity index (χ1n) is 22.5. The van der Waals surface area contributed by atoms with Crippen molar-refractivity contribution in [1.29, 1.82) is 0 Å². The average molecular weight is 1010 g/mol. The van der Waals surface area contributed by atoms with E-state index in [0.29, 0.717) is 19.5 Å². The van der Waals surface area contributed by atoms with Gasteiger partial charge in [-0.3, -0.25) is 39.1 Å². The molecule has 23 nitrogen and oxygen atoms in total. The monoisotopic (exact) mass is 1010 g/mol. The van der Waals surface area contributed by atoms with E-state index in [1.165, 1.54) is 0 Å². The number of carboxylic acids is 1. The number of hydrogen-bond donors (Lipinski definition) is 13. The minimum absolute atomic E-state index is 0.00308. The number of rotatable bonds is 27. The predicted octanol–water partition coefficient (Wildman–Crippen LogP) is -0.201. The molecular formula is C46H62F3N13O10. The summed E-state index contributed by atoms with van der Waals surface area (Å²) in [5.74, 6) is -5.82. The number of alkyl halides is 3. The quantitative estimate of drug-likeness (QED) is 0.0268. The summed E-state index contributed by atoms with van der Waals surface area (Å²) in [5, 5.41) is 30.8. The van der Waals surface area contributed by atoms with E-state index < -0.39 is 48.0 Å². The van der Waals surface area contributed by atoms with Crippen LogP contribution in [0.3, 0.4) is 0 Å². The summed E-state index contributed by atoms with van der Waals surface area (Å²) in [6, 6.07) is 23.4. The first-order chi connectivity index (χ1) is 34.3. The molecule has 1 atom stereocenters. The molecule has 0 spiro atoms. The van der Waals surface area contributed by atoms with Crippen LogP contribution in [0.25, 0.3) is 0 Å². The predicted molar refractivity (Wildman–Crippen MR) is 257 cm³/mol. The van der Waals surface area contributed by atoms with Gasteiger partial charge in [-0.25, -0.2) is 14.4 Å². The van der Waals surface area contributed by atoms with E-state index in [0.717, 1.165) is 22.3 Å². The summed E-state index contributed by atoms with van der Waals surface area (Å²) in [6.07, 6.45) is -4.74. The van der Waals surface area contributed by atoms with Gasteiger partial charge in [0.15, 0.2) is 5.96 Å². The maximum atomic E-state index is 14.0. The molecule has 0 bridgehead atoms. The molecule has 0 aromatic heterocycles. The molecule has 0 heterocycles. The number of aliphatic carboxylic acids is 1. The van der Waals surface area contributed by atoms with Crippen LogP contribution in [0.5, 0.6) is 0 Å².